The molecule has 234 valence electrons. The Labute approximate surface area is 286 Å². The van der Waals surface area contributed by atoms with E-state index < -0.39 is 0 Å². The molecule has 7 aromatic carbocycles. The lowest BCUT2D eigenvalue weighted by Gasteiger charge is -2.12. The molecular formula is C44H26N4O2. The standard InChI is InChI=1S/C44H26N4O2/c1-3-12-27(13-4-1)41-46-42(28-14-5-2-6-15-28)48-43(47-41)30-17-11-16-29(24-30)31-22-23-35(33-19-8-7-18-32(31)33)44-45-37-25-36-34-20-9-10-21-38(34)49-39(36)26-40(37)50-44/h1-26H. The van der Waals surface area contributed by atoms with Gasteiger partial charge in [0, 0.05) is 39.1 Å². The highest BCUT2D eigenvalue weighted by atomic mass is 16.4. The maximum absolute atomic E-state index is 6.39. The summed E-state index contributed by atoms with van der Waals surface area (Å²) in [5, 5.41) is 4.23. The van der Waals surface area contributed by atoms with E-state index in [0.29, 0.717) is 28.9 Å². The highest BCUT2D eigenvalue weighted by Crippen LogP contribution is 2.39. The number of rotatable bonds is 5. The predicted octanol–water partition coefficient (Wildman–Crippen LogP) is 11.4. The van der Waals surface area contributed by atoms with Crippen molar-refractivity contribution in [1.82, 2.24) is 19.9 Å². The molecular weight excluding hydrogens is 617 g/mol. The van der Waals surface area contributed by atoms with E-state index in [-0.39, 0.29) is 0 Å². The second-order valence-electron chi connectivity index (χ2n) is 12.3. The van der Waals surface area contributed by atoms with Crippen molar-refractivity contribution >= 4 is 43.8 Å². The van der Waals surface area contributed by atoms with Crippen molar-refractivity contribution in [3.8, 4) is 56.7 Å². The molecule has 6 heteroatoms. The van der Waals surface area contributed by atoms with Crippen LogP contribution in [0.1, 0.15) is 0 Å². The molecule has 0 saturated carbocycles. The van der Waals surface area contributed by atoms with Gasteiger partial charge in [0.1, 0.15) is 16.7 Å². The maximum Gasteiger partial charge on any atom is 0.227 e. The topological polar surface area (TPSA) is 77.8 Å². The Morgan fingerprint density at radius 1 is 0.320 bits per heavy atom. The molecule has 0 unspecified atom stereocenters. The third-order valence-electron chi connectivity index (χ3n) is 9.17. The Bertz CT molecular complexity index is 2820. The monoisotopic (exact) mass is 642 g/mol. The van der Waals surface area contributed by atoms with Gasteiger partial charge >= 0.3 is 0 Å². The zero-order chi connectivity index (χ0) is 33.0. The molecule has 10 rings (SSSR count). The van der Waals surface area contributed by atoms with Crippen LogP contribution in [-0.2, 0) is 0 Å². The molecule has 0 fully saturated rings. The van der Waals surface area contributed by atoms with Crippen LogP contribution in [-0.4, -0.2) is 19.9 Å². The van der Waals surface area contributed by atoms with Crippen LogP contribution in [0.5, 0.6) is 0 Å². The number of nitrogens with zero attached hydrogens (tertiary/aromatic N) is 4. The normalized spacial score (nSPS) is 11.6. The Kier molecular flexibility index (Phi) is 6.39. The van der Waals surface area contributed by atoms with Crippen molar-refractivity contribution < 1.29 is 8.83 Å². The fraction of sp³-hybridized carbons (Fsp3) is 0. The van der Waals surface area contributed by atoms with E-state index in [4.69, 9.17) is 28.8 Å². The lowest BCUT2D eigenvalue weighted by atomic mass is 9.94. The molecule has 0 aliphatic rings. The van der Waals surface area contributed by atoms with Gasteiger partial charge in [0.25, 0.3) is 0 Å². The molecule has 0 bridgehead atoms. The van der Waals surface area contributed by atoms with Gasteiger partial charge < -0.3 is 8.83 Å². The van der Waals surface area contributed by atoms with Gasteiger partial charge in [0.15, 0.2) is 23.1 Å². The average Bonchev–Trinajstić information content (AvgIpc) is 3.77. The van der Waals surface area contributed by atoms with Crippen LogP contribution in [0.2, 0.25) is 0 Å². The summed E-state index contributed by atoms with van der Waals surface area (Å²) in [6.07, 6.45) is 0. The van der Waals surface area contributed by atoms with Crippen molar-refractivity contribution in [2.24, 2.45) is 0 Å². The Balaban J connectivity index is 1.08. The number of para-hydroxylation sites is 1. The average molecular weight is 643 g/mol. The second-order valence-corrected chi connectivity index (χ2v) is 12.3. The summed E-state index contributed by atoms with van der Waals surface area (Å²) in [6.45, 7) is 0. The van der Waals surface area contributed by atoms with Gasteiger partial charge in [0.2, 0.25) is 5.89 Å². The Hall–Kier alpha value is -6.92. The zero-order valence-electron chi connectivity index (χ0n) is 26.6. The molecule has 0 aliphatic heterocycles. The van der Waals surface area contributed by atoms with Gasteiger partial charge in [-0.15, -0.1) is 0 Å². The Morgan fingerprint density at radius 3 is 1.60 bits per heavy atom. The minimum Gasteiger partial charge on any atom is -0.456 e. The molecule has 0 aliphatic carbocycles. The quantitative estimate of drug-likeness (QED) is 0.186. The summed E-state index contributed by atoms with van der Waals surface area (Å²) in [4.78, 5) is 19.7. The first-order valence-electron chi connectivity index (χ1n) is 16.5. The van der Waals surface area contributed by atoms with Crippen molar-refractivity contribution in [1.29, 1.82) is 0 Å². The summed E-state index contributed by atoms with van der Waals surface area (Å²) >= 11 is 0. The molecule has 0 amide bonds. The number of fused-ring (bicyclic) bond motifs is 5. The minimum absolute atomic E-state index is 0.570. The summed E-state index contributed by atoms with van der Waals surface area (Å²) < 4.78 is 12.5. The summed E-state index contributed by atoms with van der Waals surface area (Å²) in [7, 11) is 0. The third-order valence-corrected chi connectivity index (χ3v) is 9.17. The largest absolute Gasteiger partial charge is 0.456 e. The smallest absolute Gasteiger partial charge is 0.227 e. The van der Waals surface area contributed by atoms with Crippen LogP contribution in [0, 0.1) is 0 Å². The van der Waals surface area contributed by atoms with E-state index >= 15 is 0 Å². The van der Waals surface area contributed by atoms with Gasteiger partial charge in [-0.1, -0.05) is 127 Å². The van der Waals surface area contributed by atoms with E-state index in [2.05, 4.69) is 72.8 Å². The van der Waals surface area contributed by atoms with Gasteiger partial charge in [-0.2, -0.15) is 0 Å². The summed E-state index contributed by atoms with van der Waals surface area (Å²) in [6, 6.07) is 53.1. The molecule has 50 heavy (non-hydrogen) atoms. The number of oxazole rings is 1. The fourth-order valence-electron chi connectivity index (χ4n) is 6.76. The fourth-order valence-corrected chi connectivity index (χ4v) is 6.76. The molecule has 0 spiro atoms. The van der Waals surface area contributed by atoms with Gasteiger partial charge in [-0.3, -0.25) is 0 Å². The van der Waals surface area contributed by atoms with Crippen molar-refractivity contribution in [3.63, 3.8) is 0 Å². The molecule has 0 radical (unpaired) electrons. The number of furan rings is 1. The highest BCUT2D eigenvalue weighted by molar-refractivity contribution is 6.09. The lowest BCUT2D eigenvalue weighted by molar-refractivity contribution is 0.618. The van der Waals surface area contributed by atoms with Crippen molar-refractivity contribution in [2.75, 3.05) is 0 Å². The molecule has 3 aromatic heterocycles. The molecule has 0 atom stereocenters. The van der Waals surface area contributed by atoms with Crippen LogP contribution in [0.25, 0.3) is 101 Å². The second kappa shape index (κ2) is 11.4. The Morgan fingerprint density at radius 2 is 0.880 bits per heavy atom. The SMILES string of the molecule is c1ccc(-c2nc(-c3ccccc3)nc(-c3cccc(-c4ccc(-c5nc6cc7c(cc6o5)oc5ccccc57)c5ccccc45)c3)n2)cc1. The van der Waals surface area contributed by atoms with E-state index in [1.54, 1.807) is 0 Å². The van der Waals surface area contributed by atoms with Gasteiger partial charge in [-0.05, 0) is 46.2 Å². The van der Waals surface area contributed by atoms with Crippen molar-refractivity contribution in [3.05, 3.63) is 158 Å². The molecule has 10 aromatic rings. The van der Waals surface area contributed by atoms with Crippen LogP contribution in [0.15, 0.2) is 167 Å². The molecule has 6 nitrogen and oxygen atoms in total. The van der Waals surface area contributed by atoms with Crippen LogP contribution in [0.4, 0.5) is 0 Å². The van der Waals surface area contributed by atoms with Crippen molar-refractivity contribution in [2.45, 2.75) is 0 Å². The minimum atomic E-state index is 0.570. The molecule has 3 heterocycles. The van der Waals surface area contributed by atoms with Crippen LogP contribution >= 0.6 is 0 Å². The highest BCUT2D eigenvalue weighted by Gasteiger charge is 2.18. The van der Waals surface area contributed by atoms with E-state index in [1.165, 1.54) is 0 Å². The summed E-state index contributed by atoms with van der Waals surface area (Å²) in [5.74, 6) is 2.45. The molecule has 0 saturated heterocycles. The third kappa shape index (κ3) is 4.73. The van der Waals surface area contributed by atoms with E-state index in [0.717, 1.165) is 71.6 Å². The van der Waals surface area contributed by atoms with Crippen LogP contribution in [0.3, 0.4) is 0 Å². The van der Waals surface area contributed by atoms with E-state index in [1.807, 2.05) is 84.9 Å². The maximum atomic E-state index is 6.39. The predicted molar refractivity (Wildman–Crippen MR) is 199 cm³/mol. The number of aromatic nitrogens is 4. The van der Waals surface area contributed by atoms with Gasteiger partial charge in [0.05, 0.1) is 0 Å². The lowest BCUT2D eigenvalue weighted by Crippen LogP contribution is -2.00. The van der Waals surface area contributed by atoms with Gasteiger partial charge in [-0.25, -0.2) is 19.9 Å². The summed E-state index contributed by atoms with van der Waals surface area (Å²) in [5.41, 5.74) is 8.97. The molecule has 0 N–H and O–H groups in total. The number of hydrogen-bond acceptors (Lipinski definition) is 6. The first kappa shape index (κ1) is 28.1. The number of benzene rings is 7. The first-order chi connectivity index (χ1) is 24.7. The van der Waals surface area contributed by atoms with E-state index in [9.17, 15) is 0 Å². The van der Waals surface area contributed by atoms with Crippen LogP contribution < -0.4 is 0 Å². The first-order valence-corrected chi connectivity index (χ1v) is 16.5. The zero-order valence-corrected chi connectivity index (χ0v) is 26.6. The number of hydrogen-bond donors (Lipinski definition) is 0.